The van der Waals surface area contributed by atoms with Crippen LogP contribution in [0.5, 0.6) is 0 Å². The van der Waals surface area contributed by atoms with Crippen molar-refractivity contribution < 1.29 is 0 Å². The lowest BCUT2D eigenvalue weighted by molar-refractivity contribution is 0.882. The van der Waals surface area contributed by atoms with Gasteiger partial charge < -0.3 is 0 Å². The highest BCUT2D eigenvalue weighted by molar-refractivity contribution is 8.00. The first kappa shape index (κ1) is 16.2. The first-order valence-electron chi connectivity index (χ1n) is 7.74. The number of nitriles is 1. The molecule has 0 spiro atoms. The van der Waals surface area contributed by atoms with Crippen molar-refractivity contribution in [1.29, 1.82) is 5.26 Å². The summed E-state index contributed by atoms with van der Waals surface area (Å²) in [6.07, 6.45) is 4.46. The summed E-state index contributed by atoms with van der Waals surface area (Å²) in [5.41, 5.74) is 3.20. The molecular formula is C18H17N5S. The van der Waals surface area contributed by atoms with E-state index in [2.05, 4.69) is 52.4 Å². The van der Waals surface area contributed by atoms with Gasteiger partial charge in [-0.15, -0.1) is 10.2 Å². The monoisotopic (exact) mass is 335 g/mol. The lowest BCUT2D eigenvalue weighted by Gasteiger charge is -2.11. The summed E-state index contributed by atoms with van der Waals surface area (Å²) in [5, 5.41) is 18.3. The Morgan fingerprint density at radius 3 is 2.46 bits per heavy atom. The van der Waals surface area contributed by atoms with E-state index in [9.17, 15) is 0 Å². The molecule has 0 radical (unpaired) electrons. The Labute approximate surface area is 145 Å². The second kappa shape index (κ2) is 7.28. The van der Waals surface area contributed by atoms with Gasteiger partial charge >= 0.3 is 0 Å². The van der Waals surface area contributed by atoms with Crippen molar-refractivity contribution in [2.24, 2.45) is 0 Å². The molecule has 2 aromatic heterocycles. The van der Waals surface area contributed by atoms with Crippen molar-refractivity contribution in [2.45, 2.75) is 30.7 Å². The van der Waals surface area contributed by atoms with Crippen LogP contribution in [0.15, 0.2) is 53.9 Å². The first-order valence-corrected chi connectivity index (χ1v) is 8.62. The molecule has 0 saturated heterocycles. The fourth-order valence-corrected chi connectivity index (χ4v) is 3.09. The van der Waals surface area contributed by atoms with E-state index in [1.54, 1.807) is 12.4 Å². The summed E-state index contributed by atoms with van der Waals surface area (Å²) in [6, 6.07) is 14.4. The minimum absolute atomic E-state index is 0.201. The fourth-order valence-electron chi connectivity index (χ4n) is 2.33. The van der Waals surface area contributed by atoms with E-state index in [0.29, 0.717) is 5.16 Å². The summed E-state index contributed by atoms with van der Waals surface area (Å²) in [7, 11) is 0. The predicted octanol–water partition coefficient (Wildman–Crippen LogP) is 3.90. The number of thioether (sulfide) groups is 1. The highest BCUT2D eigenvalue weighted by Crippen LogP contribution is 2.29. The summed E-state index contributed by atoms with van der Waals surface area (Å²) in [6.45, 7) is 3.99. The normalized spacial score (nSPS) is 11.9. The number of aromatic nitrogens is 4. The highest BCUT2D eigenvalue weighted by Gasteiger charge is 2.18. The van der Waals surface area contributed by atoms with Crippen LogP contribution in [0.4, 0.5) is 0 Å². The molecule has 0 unspecified atom stereocenters. The molecule has 24 heavy (non-hydrogen) atoms. The molecule has 6 heteroatoms. The average molecular weight is 335 g/mol. The number of nitrogens with zero attached hydrogens (tertiary/aromatic N) is 5. The molecular weight excluding hydrogens is 318 g/mol. The van der Waals surface area contributed by atoms with Crippen LogP contribution < -0.4 is 0 Å². The highest BCUT2D eigenvalue weighted by atomic mass is 32.2. The minimum atomic E-state index is -0.201. The summed E-state index contributed by atoms with van der Waals surface area (Å²) >= 11 is 1.40. The second-order valence-electron chi connectivity index (χ2n) is 5.29. The molecule has 0 aliphatic carbocycles. The summed E-state index contributed by atoms with van der Waals surface area (Å²) < 4.78 is 1.99. The second-order valence-corrected chi connectivity index (χ2v) is 6.59. The predicted molar refractivity (Wildman–Crippen MR) is 94.9 cm³/mol. The lowest BCUT2D eigenvalue weighted by atomic mass is 10.1. The Balaban J connectivity index is 2.12. The van der Waals surface area contributed by atoms with Crippen molar-refractivity contribution in [3.8, 4) is 23.1 Å². The number of benzene rings is 1. The molecule has 0 saturated carbocycles. The zero-order chi connectivity index (χ0) is 16.9. The van der Waals surface area contributed by atoms with E-state index >= 15 is 0 Å². The SMILES string of the molecule is CCc1ccc(-n2c(S[C@@H](C)C#N)nnc2-c2ccncc2)cc1. The van der Waals surface area contributed by atoms with E-state index in [-0.39, 0.29) is 5.25 Å². The topological polar surface area (TPSA) is 67.4 Å². The largest absolute Gasteiger partial charge is 0.270 e. The third kappa shape index (κ3) is 3.31. The van der Waals surface area contributed by atoms with Crippen LogP contribution in [0.3, 0.4) is 0 Å². The number of rotatable bonds is 5. The third-order valence-electron chi connectivity index (χ3n) is 3.64. The molecule has 2 heterocycles. The standard InChI is InChI=1S/C18H17N5S/c1-3-14-4-6-16(7-5-14)23-17(15-8-10-20-11-9-15)21-22-18(23)24-13(2)12-19/h4-11,13H,3H2,1-2H3/t13-/m0/s1. The van der Waals surface area contributed by atoms with Gasteiger partial charge in [0.2, 0.25) is 0 Å². The van der Waals surface area contributed by atoms with Gasteiger partial charge in [-0.05, 0) is 43.2 Å². The van der Waals surface area contributed by atoms with Gasteiger partial charge in [0, 0.05) is 23.6 Å². The van der Waals surface area contributed by atoms with Gasteiger partial charge in [0.15, 0.2) is 11.0 Å². The van der Waals surface area contributed by atoms with Crippen molar-refractivity contribution in [1.82, 2.24) is 19.7 Å². The third-order valence-corrected chi connectivity index (χ3v) is 4.57. The number of aryl methyl sites for hydroxylation is 1. The molecule has 120 valence electrons. The van der Waals surface area contributed by atoms with E-state index in [0.717, 1.165) is 23.5 Å². The van der Waals surface area contributed by atoms with E-state index in [4.69, 9.17) is 5.26 Å². The van der Waals surface area contributed by atoms with Gasteiger partial charge in [-0.3, -0.25) is 9.55 Å². The smallest absolute Gasteiger partial charge is 0.197 e. The first-order chi connectivity index (χ1) is 11.7. The Kier molecular flexibility index (Phi) is 4.92. The van der Waals surface area contributed by atoms with Crippen LogP contribution >= 0.6 is 11.8 Å². The van der Waals surface area contributed by atoms with Crippen molar-refractivity contribution in [3.63, 3.8) is 0 Å². The number of hydrogen-bond donors (Lipinski definition) is 0. The van der Waals surface area contributed by atoms with Gasteiger partial charge in [-0.2, -0.15) is 5.26 Å². The molecule has 1 atom stereocenters. The molecule has 1 aromatic carbocycles. The van der Waals surface area contributed by atoms with Gasteiger partial charge in [0.05, 0.1) is 11.3 Å². The van der Waals surface area contributed by atoms with Gasteiger partial charge in [-0.1, -0.05) is 30.8 Å². The van der Waals surface area contributed by atoms with Crippen LogP contribution in [0.2, 0.25) is 0 Å². The van der Waals surface area contributed by atoms with Crippen LogP contribution in [-0.4, -0.2) is 25.0 Å². The molecule has 0 bridgehead atoms. The van der Waals surface area contributed by atoms with Crippen LogP contribution in [-0.2, 0) is 6.42 Å². The summed E-state index contributed by atoms with van der Waals surface area (Å²) in [4.78, 5) is 4.06. The Morgan fingerprint density at radius 2 is 1.83 bits per heavy atom. The van der Waals surface area contributed by atoms with Crippen molar-refractivity contribution in [3.05, 3.63) is 54.4 Å². The van der Waals surface area contributed by atoms with Gasteiger partial charge in [0.25, 0.3) is 0 Å². The lowest BCUT2D eigenvalue weighted by Crippen LogP contribution is -2.02. The van der Waals surface area contributed by atoms with Crippen LogP contribution in [0, 0.1) is 11.3 Å². The molecule has 3 rings (SSSR count). The summed E-state index contributed by atoms with van der Waals surface area (Å²) in [5.74, 6) is 0.745. The zero-order valence-corrected chi connectivity index (χ0v) is 14.4. The average Bonchev–Trinajstić information content (AvgIpc) is 3.05. The Bertz CT molecular complexity index is 849. The molecule has 5 nitrogen and oxygen atoms in total. The maximum Gasteiger partial charge on any atom is 0.197 e. The maximum absolute atomic E-state index is 9.11. The quantitative estimate of drug-likeness (QED) is 0.662. The van der Waals surface area contributed by atoms with Crippen molar-refractivity contribution in [2.75, 3.05) is 0 Å². The number of hydrogen-bond acceptors (Lipinski definition) is 5. The Morgan fingerprint density at radius 1 is 1.12 bits per heavy atom. The molecule has 0 aliphatic rings. The van der Waals surface area contributed by atoms with Gasteiger partial charge in [-0.25, -0.2) is 0 Å². The number of pyridine rings is 1. The van der Waals surface area contributed by atoms with E-state index in [1.807, 2.05) is 23.6 Å². The molecule has 0 aliphatic heterocycles. The fraction of sp³-hybridized carbons (Fsp3) is 0.222. The van der Waals surface area contributed by atoms with Crippen LogP contribution in [0.1, 0.15) is 19.4 Å². The van der Waals surface area contributed by atoms with E-state index in [1.165, 1.54) is 17.3 Å². The minimum Gasteiger partial charge on any atom is -0.270 e. The maximum atomic E-state index is 9.11. The molecule has 0 N–H and O–H groups in total. The molecule has 0 fully saturated rings. The Hall–Kier alpha value is -2.65. The van der Waals surface area contributed by atoms with Crippen molar-refractivity contribution >= 4 is 11.8 Å². The molecule has 3 aromatic rings. The van der Waals surface area contributed by atoms with E-state index < -0.39 is 0 Å². The molecule has 0 amide bonds. The van der Waals surface area contributed by atoms with Gasteiger partial charge in [0.1, 0.15) is 0 Å². The zero-order valence-electron chi connectivity index (χ0n) is 13.5. The van der Waals surface area contributed by atoms with Crippen LogP contribution in [0.25, 0.3) is 17.1 Å².